The molecule has 0 aliphatic carbocycles. The van der Waals surface area contributed by atoms with Crippen LogP contribution in [0.5, 0.6) is 5.75 Å². The van der Waals surface area contributed by atoms with E-state index < -0.39 is 0 Å². The number of methoxy groups -OCH3 is 1. The molecule has 1 aromatic rings. The summed E-state index contributed by atoms with van der Waals surface area (Å²) in [5, 5.41) is 14.1. The lowest BCUT2D eigenvalue weighted by Crippen LogP contribution is -2.32. The van der Waals surface area contributed by atoms with Crippen molar-refractivity contribution in [1.82, 2.24) is 4.90 Å². The number of nitrogens with one attached hydrogen (secondary N) is 1. The van der Waals surface area contributed by atoms with Gasteiger partial charge >= 0.3 is 0 Å². The van der Waals surface area contributed by atoms with Crippen LogP contribution in [-0.4, -0.2) is 43.1 Å². The van der Waals surface area contributed by atoms with Crippen molar-refractivity contribution in [3.63, 3.8) is 0 Å². The summed E-state index contributed by atoms with van der Waals surface area (Å²) in [4.78, 5) is 12.8. The summed E-state index contributed by atoms with van der Waals surface area (Å²) in [6.45, 7) is 5.77. The first-order chi connectivity index (χ1) is 9.49. The number of hydrogen-bond donors (Lipinski definition) is 1. The van der Waals surface area contributed by atoms with Gasteiger partial charge in [-0.3, -0.25) is 10.1 Å². The molecule has 0 heterocycles. The molecule has 1 atom stereocenters. The van der Waals surface area contributed by atoms with Crippen molar-refractivity contribution in [2.75, 3.05) is 32.6 Å². The molecule has 6 nitrogen and oxygen atoms in total. The molecule has 1 unspecified atom stereocenters. The second-order valence-corrected chi connectivity index (χ2v) is 4.80. The van der Waals surface area contributed by atoms with Crippen LogP contribution in [0.2, 0.25) is 0 Å². The largest absolute Gasteiger partial charge is 0.497 e. The molecule has 0 saturated carbocycles. The number of benzene rings is 1. The molecule has 1 aromatic carbocycles. The molecule has 0 fully saturated rings. The minimum atomic E-state index is -0.389. The van der Waals surface area contributed by atoms with Crippen LogP contribution in [0.1, 0.15) is 20.3 Å². The zero-order chi connectivity index (χ0) is 15.1. The van der Waals surface area contributed by atoms with Gasteiger partial charge in [0.25, 0.3) is 5.69 Å². The zero-order valence-corrected chi connectivity index (χ0v) is 12.5. The number of likely N-dealkylation sites (N-methyl/N-ethyl adjacent to an activating group) is 1. The Bertz CT molecular complexity index is 451. The molecule has 0 bridgehead atoms. The minimum Gasteiger partial charge on any atom is -0.497 e. The van der Waals surface area contributed by atoms with Crippen LogP contribution in [0.3, 0.4) is 0 Å². The highest BCUT2D eigenvalue weighted by atomic mass is 16.6. The summed E-state index contributed by atoms with van der Waals surface area (Å²) >= 11 is 0. The quantitative estimate of drug-likeness (QED) is 0.586. The van der Waals surface area contributed by atoms with E-state index in [0.29, 0.717) is 24.0 Å². The second kappa shape index (κ2) is 7.69. The van der Waals surface area contributed by atoms with Gasteiger partial charge in [0, 0.05) is 31.3 Å². The van der Waals surface area contributed by atoms with Gasteiger partial charge in [-0.15, -0.1) is 0 Å². The van der Waals surface area contributed by atoms with Gasteiger partial charge in [-0.1, -0.05) is 6.92 Å². The predicted molar refractivity (Wildman–Crippen MR) is 80.5 cm³/mol. The van der Waals surface area contributed by atoms with Gasteiger partial charge in [0.05, 0.1) is 12.0 Å². The fourth-order valence-electron chi connectivity index (χ4n) is 1.84. The molecular weight excluding hydrogens is 258 g/mol. The van der Waals surface area contributed by atoms with Crippen molar-refractivity contribution in [1.29, 1.82) is 0 Å². The average molecular weight is 281 g/mol. The van der Waals surface area contributed by atoms with Gasteiger partial charge in [0.15, 0.2) is 0 Å². The Balaban J connectivity index is 2.68. The molecule has 0 radical (unpaired) electrons. The van der Waals surface area contributed by atoms with E-state index in [0.717, 1.165) is 13.0 Å². The van der Waals surface area contributed by atoms with Crippen molar-refractivity contribution < 1.29 is 9.66 Å². The topological polar surface area (TPSA) is 67.6 Å². The highest BCUT2D eigenvalue weighted by Crippen LogP contribution is 2.28. The summed E-state index contributed by atoms with van der Waals surface area (Å²) in [6, 6.07) is 5.20. The summed E-state index contributed by atoms with van der Waals surface area (Å²) in [6.07, 6.45) is 1.08. The minimum absolute atomic E-state index is 0.0667. The van der Waals surface area contributed by atoms with Crippen molar-refractivity contribution in [3.05, 3.63) is 28.3 Å². The SMILES string of the molecule is CCC(C)N(C)CCNc1cc(OC)ccc1[N+](=O)[O-]. The Kier molecular flexibility index (Phi) is 6.24. The number of hydrogen-bond acceptors (Lipinski definition) is 5. The molecule has 0 spiro atoms. The Morgan fingerprint density at radius 2 is 2.20 bits per heavy atom. The molecule has 1 N–H and O–H groups in total. The van der Waals surface area contributed by atoms with E-state index in [9.17, 15) is 10.1 Å². The van der Waals surface area contributed by atoms with Crippen LogP contribution < -0.4 is 10.1 Å². The van der Waals surface area contributed by atoms with Crippen molar-refractivity contribution in [3.8, 4) is 5.75 Å². The standard InChI is InChI=1S/C14H23N3O3/c1-5-11(2)16(3)9-8-15-13-10-12(20-4)6-7-14(13)17(18)19/h6-7,10-11,15H,5,8-9H2,1-4H3. The van der Waals surface area contributed by atoms with Gasteiger partial charge in [-0.05, 0) is 26.5 Å². The first-order valence-corrected chi connectivity index (χ1v) is 6.76. The number of ether oxygens (including phenoxy) is 1. The summed E-state index contributed by atoms with van der Waals surface area (Å²) < 4.78 is 5.10. The Hall–Kier alpha value is -1.82. The summed E-state index contributed by atoms with van der Waals surface area (Å²) in [5.74, 6) is 0.605. The fraction of sp³-hybridized carbons (Fsp3) is 0.571. The fourth-order valence-corrected chi connectivity index (χ4v) is 1.84. The van der Waals surface area contributed by atoms with E-state index in [4.69, 9.17) is 4.74 Å². The third-order valence-corrected chi connectivity index (χ3v) is 3.52. The van der Waals surface area contributed by atoms with E-state index in [1.54, 1.807) is 19.2 Å². The number of nitrogens with zero attached hydrogens (tertiary/aromatic N) is 2. The summed E-state index contributed by atoms with van der Waals surface area (Å²) in [7, 11) is 3.59. The maximum Gasteiger partial charge on any atom is 0.292 e. The first-order valence-electron chi connectivity index (χ1n) is 6.76. The summed E-state index contributed by atoms with van der Waals surface area (Å²) in [5.41, 5.74) is 0.559. The van der Waals surface area contributed by atoms with Gasteiger partial charge in [-0.25, -0.2) is 0 Å². The van der Waals surface area contributed by atoms with Gasteiger partial charge < -0.3 is 15.0 Å². The van der Waals surface area contributed by atoms with E-state index in [2.05, 4.69) is 31.1 Å². The molecule has 1 rings (SSSR count). The zero-order valence-electron chi connectivity index (χ0n) is 12.5. The predicted octanol–water partition coefficient (Wildman–Crippen LogP) is 2.75. The Labute approximate surface area is 119 Å². The molecular formula is C14H23N3O3. The van der Waals surface area contributed by atoms with Crippen molar-refractivity contribution in [2.45, 2.75) is 26.3 Å². The molecule has 20 heavy (non-hydrogen) atoms. The molecule has 6 heteroatoms. The third-order valence-electron chi connectivity index (χ3n) is 3.52. The van der Waals surface area contributed by atoms with Gasteiger partial charge in [-0.2, -0.15) is 0 Å². The number of rotatable bonds is 8. The lowest BCUT2D eigenvalue weighted by atomic mass is 10.2. The van der Waals surface area contributed by atoms with Gasteiger partial charge in [0.2, 0.25) is 0 Å². The van der Waals surface area contributed by atoms with Crippen molar-refractivity contribution >= 4 is 11.4 Å². The number of nitro benzene ring substituents is 1. The second-order valence-electron chi connectivity index (χ2n) is 4.80. The molecule has 0 aliphatic heterocycles. The van der Waals surface area contributed by atoms with Crippen LogP contribution in [0, 0.1) is 10.1 Å². The lowest BCUT2D eigenvalue weighted by molar-refractivity contribution is -0.384. The monoisotopic (exact) mass is 281 g/mol. The molecule has 0 saturated heterocycles. The maximum absolute atomic E-state index is 11.0. The van der Waals surface area contributed by atoms with E-state index in [1.807, 2.05) is 0 Å². The first kappa shape index (κ1) is 16.2. The van der Waals surface area contributed by atoms with Crippen LogP contribution >= 0.6 is 0 Å². The van der Waals surface area contributed by atoms with Crippen LogP contribution in [-0.2, 0) is 0 Å². The smallest absolute Gasteiger partial charge is 0.292 e. The van der Waals surface area contributed by atoms with E-state index in [-0.39, 0.29) is 10.6 Å². The van der Waals surface area contributed by atoms with E-state index in [1.165, 1.54) is 6.07 Å². The molecule has 0 aliphatic rings. The average Bonchev–Trinajstić information content (AvgIpc) is 2.45. The lowest BCUT2D eigenvalue weighted by Gasteiger charge is -2.23. The van der Waals surface area contributed by atoms with Crippen LogP contribution in [0.25, 0.3) is 0 Å². The highest BCUT2D eigenvalue weighted by molar-refractivity contribution is 5.64. The maximum atomic E-state index is 11.0. The Morgan fingerprint density at radius 1 is 1.50 bits per heavy atom. The third kappa shape index (κ3) is 4.38. The highest BCUT2D eigenvalue weighted by Gasteiger charge is 2.14. The Morgan fingerprint density at radius 3 is 2.75 bits per heavy atom. The molecule has 112 valence electrons. The number of anilines is 1. The molecule has 0 aromatic heterocycles. The van der Waals surface area contributed by atoms with Crippen molar-refractivity contribution in [2.24, 2.45) is 0 Å². The number of nitro groups is 1. The van der Waals surface area contributed by atoms with E-state index >= 15 is 0 Å². The normalized spacial score (nSPS) is 12.2. The van der Waals surface area contributed by atoms with Crippen LogP contribution in [0.4, 0.5) is 11.4 Å². The van der Waals surface area contributed by atoms with Crippen LogP contribution in [0.15, 0.2) is 18.2 Å². The van der Waals surface area contributed by atoms with Gasteiger partial charge in [0.1, 0.15) is 11.4 Å². The molecule has 0 amide bonds.